The maximum Gasteiger partial charge on any atom is 0.150 e. The van der Waals surface area contributed by atoms with E-state index < -0.39 is 9.84 Å². The maximum atomic E-state index is 11.1. The number of benzene rings is 1. The highest BCUT2D eigenvalue weighted by molar-refractivity contribution is 7.90. The molecule has 0 saturated carbocycles. The summed E-state index contributed by atoms with van der Waals surface area (Å²) >= 11 is 0. The Morgan fingerprint density at radius 3 is 2.55 bits per heavy atom. The summed E-state index contributed by atoms with van der Waals surface area (Å²) in [5, 5.41) is 0. The van der Waals surface area contributed by atoms with Gasteiger partial charge in [-0.05, 0) is 31.0 Å². The molecule has 1 aromatic carbocycles. The van der Waals surface area contributed by atoms with Gasteiger partial charge < -0.3 is 15.2 Å². The molecule has 0 aliphatic rings. The van der Waals surface area contributed by atoms with Gasteiger partial charge in [-0.1, -0.05) is 13.0 Å². The topological polar surface area (TPSA) is 78.6 Å². The van der Waals surface area contributed by atoms with Crippen LogP contribution in [0.5, 0.6) is 11.5 Å². The number of sulfone groups is 1. The molecule has 0 atom stereocenters. The summed E-state index contributed by atoms with van der Waals surface area (Å²) in [6, 6.07) is 5.58. The highest BCUT2D eigenvalue weighted by Gasteiger charge is 2.08. The van der Waals surface area contributed by atoms with Crippen molar-refractivity contribution in [2.75, 3.05) is 31.8 Å². The molecule has 1 aromatic rings. The van der Waals surface area contributed by atoms with Crippen LogP contribution in [0.15, 0.2) is 18.2 Å². The largest absolute Gasteiger partial charge is 0.493 e. The van der Waals surface area contributed by atoms with E-state index in [1.165, 1.54) is 6.26 Å². The summed E-state index contributed by atoms with van der Waals surface area (Å²) in [6.45, 7) is 3.32. The van der Waals surface area contributed by atoms with Crippen LogP contribution in [0.1, 0.15) is 18.9 Å². The van der Waals surface area contributed by atoms with Crippen molar-refractivity contribution in [1.82, 2.24) is 0 Å². The fraction of sp³-hybridized carbons (Fsp3) is 0.571. The normalized spacial score (nSPS) is 11.3. The average Bonchev–Trinajstić information content (AvgIpc) is 2.37. The van der Waals surface area contributed by atoms with Crippen LogP contribution in [0.2, 0.25) is 0 Å². The number of rotatable bonds is 9. The van der Waals surface area contributed by atoms with Crippen LogP contribution in [-0.2, 0) is 16.3 Å². The third kappa shape index (κ3) is 6.25. The molecule has 0 heterocycles. The molecule has 0 radical (unpaired) electrons. The molecule has 0 aliphatic heterocycles. The van der Waals surface area contributed by atoms with Crippen LogP contribution in [-0.4, -0.2) is 40.2 Å². The lowest BCUT2D eigenvalue weighted by atomic mass is 10.1. The second-order valence-corrected chi connectivity index (χ2v) is 6.89. The first-order valence-electron chi connectivity index (χ1n) is 6.72. The van der Waals surface area contributed by atoms with E-state index in [9.17, 15) is 8.42 Å². The van der Waals surface area contributed by atoms with Gasteiger partial charge in [-0.3, -0.25) is 0 Å². The van der Waals surface area contributed by atoms with Crippen LogP contribution >= 0.6 is 0 Å². The molecule has 0 bridgehead atoms. The molecule has 2 N–H and O–H groups in total. The number of ether oxygens (including phenoxy) is 2. The molecule has 20 heavy (non-hydrogen) atoms. The van der Waals surface area contributed by atoms with Gasteiger partial charge >= 0.3 is 0 Å². The third-order valence-corrected chi connectivity index (χ3v) is 3.55. The van der Waals surface area contributed by atoms with Crippen molar-refractivity contribution in [3.05, 3.63) is 23.8 Å². The Labute approximate surface area is 121 Å². The van der Waals surface area contributed by atoms with E-state index >= 15 is 0 Å². The molecule has 0 spiro atoms. The van der Waals surface area contributed by atoms with Crippen molar-refractivity contribution in [3.8, 4) is 11.5 Å². The zero-order valence-corrected chi connectivity index (χ0v) is 12.9. The minimum Gasteiger partial charge on any atom is -0.493 e. The average molecular weight is 301 g/mol. The molecule has 0 saturated heterocycles. The van der Waals surface area contributed by atoms with Gasteiger partial charge in [0.15, 0.2) is 9.84 Å². The Kier molecular flexibility index (Phi) is 6.81. The molecule has 0 unspecified atom stereocenters. The van der Waals surface area contributed by atoms with Crippen LogP contribution in [0.4, 0.5) is 0 Å². The van der Waals surface area contributed by atoms with E-state index in [4.69, 9.17) is 15.2 Å². The number of nitrogens with two attached hydrogens (primary N) is 1. The molecule has 0 amide bonds. The van der Waals surface area contributed by atoms with E-state index in [0.717, 1.165) is 17.7 Å². The van der Waals surface area contributed by atoms with Gasteiger partial charge in [0.2, 0.25) is 0 Å². The molecule has 0 aliphatic carbocycles. The minimum atomic E-state index is -3.02. The Morgan fingerprint density at radius 1 is 1.20 bits per heavy atom. The lowest BCUT2D eigenvalue weighted by molar-refractivity contribution is 0.308. The fourth-order valence-electron chi connectivity index (χ4n) is 1.64. The number of hydrogen-bond donors (Lipinski definition) is 1. The quantitative estimate of drug-likeness (QED) is 0.746. The van der Waals surface area contributed by atoms with Crippen molar-refractivity contribution in [1.29, 1.82) is 0 Å². The lowest BCUT2D eigenvalue weighted by Crippen LogP contribution is -2.13. The van der Waals surface area contributed by atoms with Crippen molar-refractivity contribution in [2.24, 2.45) is 5.73 Å². The molecule has 114 valence electrons. The molecule has 0 aromatic heterocycles. The molecule has 5 nitrogen and oxygen atoms in total. The summed E-state index contributed by atoms with van der Waals surface area (Å²) in [5.74, 6) is 1.37. The zero-order valence-electron chi connectivity index (χ0n) is 12.1. The van der Waals surface area contributed by atoms with E-state index in [1.54, 1.807) is 6.07 Å². The monoisotopic (exact) mass is 301 g/mol. The molecular weight excluding hydrogens is 278 g/mol. The predicted octanol–water partition coefficient (Wildman–Crippen LogP) is 1.40. The van der Waals surface area contributed by atoms with Gasteiger partial charge in [-0.15, -0.1) is 0 Å². The van der Waals surface area contributed by atoms with Crippen LogP contribution in [0, 0.1) is 0 Å². The summed E-state index contributed by atoms with van der Waals surface area (Å²) in [4.78, 5) is 0. The fourth-order valence-corrected chi connectivity index (χ4v) is 2.03. The number of hydrogen-bond acceptors (Lipinski definition) is 5. The minimum absolute atomic E-state index is 0.00485. The highest BCUT2D eigenvalue weighted by atomic mass is 32.2. The van der Waals surface area contributed by atoms with Crippen molar-refractivity contribution < 1.29 is 17.9 Å². The predicted molar refractivity (Wildman–Crippen MR) is 80.2 cm³/mol. The van der Waals surface area contributed by atoms with Crippen LogP contribution < -0.4 is 15.2 Å². The second kappa shape index (κ2) is 8.11. The Balaban J connectivity index is 2.76. The first-order valence-corrected chi connectivity index (χ1v) is 8.78. The third-order valence-electron chi connectivity index (χ3n) is 2.64. The van der Waals surface area contributed by atoms with Crippen molar-refractivity contribution in [2.45, 2.75) is 19.8 Å². The smallest absolute Gasteiger partial charge is 0.150 e. The Morgan fingerprint density at radius 2 is 1.95 bits per heavy atom. The maximum absolute atomic E-state index is 11.1. The van der Waals surface area contributed by atoms with Gasteiger partial charge in [-0.2, -0.15) is 0 Å². The standard InChI is InChI=1S/C14H23NO4S/c1-3-8-18-13-5-4-12(6-7-15)14(11-13)19-9-10-20(2,16)17/h4-5,11H,3,6-10,15H2,1-2H3. The van der Waals surface area contributed by atoms with E-state index in [1.807, 2.05) is 19.1 Å². The van der Waals surface area contributed by atoms with E-state index in [2.05, 4.69) is 0 Å². The summed E-state index contributed by atoms with van der Waals surface area (Å²) < 4.78 is 33.3. The van der Waals surface area contributed by atoms with E-state index in [-0.39, 0.29) is 12.4 Å². The van der Waals surface area contributed by atoms with Gasteiger partial charge in [0.25, 0.3) is 0 Å². The SMILES string of the molecule is CCCOc1ccc(CCN)c(OCCS(C)(=O)=O)c1. The first-order chi connectivity index (χ1) is 9.46. The van der Waals surface area contributed by atoms with Crippen molar-refractivity contribution >= 4 is 9.84 Å². The zero-order chi connectivity index (χ0) is 15.0. The van der Waals surface area contributed by atoms with Gasteiger partial charge in [0.05, 0.1) is 12.4 Å². The van der Waals surface area contributed by atoms with Gasteiger partial charge in [-0.25, -0.2) is 8.42 Å². The first kappa shape index (κ1) is 16.8. The molecule has 6 heteroatoms. The highest BCUT2D eigenvalue weighted by Crippen LogP contribution is 2.25. The second-order valence-electron chi connectivity index (χ2n) is 4.64. The lowest BCUT2D eigenvalue weighted by Gasteiger charge is -2.13. The summed E-state index contributed by atoms with van der Waals surface area (Å²) in [6.07, 6.45) is 2.80. The van der Waals surface area contributed by atoms with Crippen LogP contribution in [0.25, 0.3) is 0 Å². The molecule has 0 fully saturated rings. The molecule has 1 rings (SSSR count). The van der Waals surface area contributed by atoms with Gasteiger partial charge in [0, 0.05) is 12.3 Å². The van der Waals surface area contributed by atoms with Gasteiger partial charge in [0.1, 0.15) is 18.1 Å². The summed E-state index contributed by atoms with van der Waals surface area (Å²) in [7, 11) is -3.02. The van der Waals surface area contributed by atoms with E-state index in [0.29, 0.717) is 25.3 Å². The van der Waals surface area contributed by atoms with Crippen molar-refractivity contribution in [3.63, 3.8) is 0 Å². The molecular formula is C14H23NO4S. The Bertz CT molecular complexity index is 514. The summed E-state index contributed by atoms with van der Waals surface area (Å²) in [5.41, 5.74) is 6.53. The Hall–Kier alpha value is -1.27. The van der Waals surface area contributed by atoms with Crippen LogP contribution in [0.3, 0.4) is 0 Å².